The van der Waals surface area contributed by atoms with Crippen molar-refractivity contribution in [2.24, 2.45) is 5.73 Å². The lowest BCUT2D eigenvalue weighted by Crippen LogP contribution is -2.51. The monoisotopic (exact) mass is 549 g/mol. The molecule has 3 heterocycles. The zero-order chi connectivity index (χ0) is 27.8. The Balaban J connectivity index is 1.47. The number of halogens is 3. The minimum absolute atomic E-state index is 0.0313. The normalized spacial score (nSPS) is 18.8. The summed E-state index contributed by atoms with van der Waals surface area (Å²) in [7, 11) is -3.94. The molecule has 1 aliphatic rings. The highest BCUT2D eigenvalue weighted by atomic mass is 32.2. The lowest BCUT2D eigenvalue weighted by atomic mass is 9.96. The fraction of sp³-hybridized carbons (Fsp3) is 0.320. The number of anilines is 1. The van der Waals surface area contributed by atoms with Crippen LogP contribution in [-0.2, 0) is 16.2 Å². The second kappa shape index (κ2) is 10.3. The van der Waals surface area contributed by atoms with E-state index in [9.17, 15) is 31.5 Å². The van der Waals surface area contributed by atoms with Crippen LogP contribution in [0.25, 0.3) is 11.1 Å². The summed E-state index contributed by atoms with van der Waals surface area (Å²) in [5.74, 6) is -0.511. The summed E-state index contributed by atoms with van der Waals surface area (Å²) in [4.78, 5) is 19.5. The minimum Gasteiger partial charge on any atom is -0.390 e. The summed E-state index contributed by atoms with van der Waals surface area (Å²) in [5.41, 5.74) is 7.46. The number of alkyl halides is 3. The number of carbonyl (C=O) groups is 1. The van der Waals surface area contributed by atoms with Crippen LogP contribution in [0.3, 0.4) is 0 Å². The zero-order valence-corrected chi connectivity index (χ0v) is 21.3. The fourth-order valence-corrected chi connectivity index (χ4v) is 5.97. The van der Waals surface area contributed by atoms with Crippen LogP contribution in [0.4, 0.5) is 19.0 Å². The van der Waals surface area contributed by atoms with Gasteiger partial charge in [0.25, 0.3) is 5.91 Å². The van der Waals surface area contributed by atoms with Crippen LogP contribution in [-0.4, -0.2) is 58.9 Å². The summed E-state index contributed by atoms with van der Waals surface area (Å²) >= 11 is 0. The smallest absolute Gasteiger partial charge is 0.390 e. The fourth-order valence-electron chi connectivity index (χ4n) is 4.50. The van der Waals surface area contributed by atoms with Crippen LogP contribution < -0.4 is 11.1 Å². The quantitative estimate of drug-likeness (QED) is 0.430. The molecule has 9 nitrogen and oxygen atoms in total. The molecule has 202 valence electrons. The number of benzene rings is 1. The van der Waals surface area contributed by atoms with E-state index in [1.807, 2.05) is 6.92 Å². The largest absolute Gasteiger partial charge is 0.417 e. The van der Waals surface area contributed by atoms with Gasteiger partial charge in [0.1, 0.15) is 11.5 Å². The summed E-state index contributed by atoms with van der Waals surface area (Å²) < 4.78 is 65.9. The highest BCUT2D eigenvalue weighted by Crippen LogP contribution is 2.31. The second-order valence-electron chi connectivity index (χ2n) is 9.08. The molecule has 1 saturated heterocycles. The maximum absolute atomic E-state index is 13.3. The van der Waals surface area contributed by atoms with Crippen molar-refractivity contribution in [3.63, 3.8) is 0 Å². The van der Waals surface area contributed by atoms with E-state index in [1.165, 1.54) is 28.7 Å². The third kappa shape index (κ3) is 5.49. The van der Waals surface area contributed by atoms with Crippen LogP contribution in [0, 0.1) is 13.8 Å². The SMILES string of the molecule is Cc1cnc(C(N)=O)c(C)c1-c1ccc(S(=O)(=O)N2CC[C@@H](Nc3ccc(C(F)(F)F)cn3)[C@@H](O)C2)cc1. The van der Waals surface area contributed by atoms with E-state index in [0.717, 1.165) is 17.2 Å². The van der Waals surface area contributed by atoms with Gasteiger partial charge in [-0.1, -0.05) is 12.1 Å². The number of nitrogens with two attached hydrogens (primary N) is 1. The van der Waals surface area contributed by atoms with Gasteiger partial charge in [0, 0.05) is 25.5 Å². The van der Waals surface area contributed by atoms with E-state index >= 15 is 0 Å². The Hall–Kier alpha value is -3.55. The van der Waals surface area contributed by atoms with Gasteiger partial charge in [-0.15, -0.1) is 0 Å². The Labute approximate surface area is 217 Å². The molecule has 1 amide bonds. The number of amides is 1. The maximum Gasteiger partial charge on any atom is 0.417 e. The molecule has 0 unspecified atom stereocenters. The number of hydrogen-bond donors (Lipinski definition) is 3. The van der Waals surface area contributed by atoms with E-state index in [4.69, 9.17) is 5.73 Å². The highest BCUT2D eigenvalue weighted by Gasteiger charge is 2.35. The van der Waals surface area contributed by atoms with Crippen LogP contribution >= 0.6 is 0 Å². The molecule has 1 aliphatic heterocycles. The van der Waals surface area contributed by atoms with Crippen molar-refractivity contribution in [3.05, 3.63) is 71.2 Å². The van der Waals surface area contributed by atoms with Gasteiger partial charge in [-0.05, 0) is 66.8 Å². The Morgan fingerprint density at radius 3 is 2.34 bits per heavy atom. The molecule has 4 N–H and O–H groups in total. The van der Waals surface area contributed by atoms with Crippen molar-refractivity contribution in [1.82, 2.24) is 14.3 Å². The van der Waals surface area contributed by atoms with Gasteiger partial charge in [0.05, 0.1) is 22.6 Å². The molecule has 0 spiro atoms. The van der Waals surface area contributed by atoms with Crippen LogP contribution in [0.15, 0.2) is 53.7 Å². The molecule has 2 aromatic heterocycles. The van der Waals surface area contributed by atoms with Gasteiger partial charge in [-0.3, -0.25) is 9.78 Å². The predicted octanol–water partition coefficient (Wildman–Crippen LogP) is 3.11. The van der Waals surface area contributed by atoms with Crippen molar-refractivity contribution in [1.29, 1.82) is 0 Å². The Bertz CT molecular complexity index is 1450. The molecule has 2 atom stereocenters. The minimum atomic E-state index is -4.51. The first-order valence-electron chi connectivity index (χ1n) is 11.6. The lowest BCUT2D eigenvalue weighted by molar-refractivity contribution is -0.137. The number of pyridine rings is 2. The number of aromatic nitrogens is 2. The third-order valence-electron chi connectivity index (χ3n) is 6.49. The van der Waals surface area contributed by atoms with Crippen molar-refractivity contribution >= 4 is 21.7 Å². The van der Waals surface area contributed by atoms with Crippen molar-refractivity contribution in [2.45, 2.75) is 43.5 Å². The molecule has 13 heteroatoms. The third-order valence-corrected chi connectivity index (χ3v) is 8.37. The number of hydrogen-bond acceptors (Lipinski definition) is 7. The molecular weight excluding hydrogens is 523 g/mol. The number of rotatable bonds is 6. The topological polar surface area (TPSA) is 139 Å². The van der Waals surface area contributed by atoms with E-state index in [-0.39, 0.29) is 35.9 Å². The molecule has 0 bridgehead atoms. The number of primary amides is 1. The number of aliphatic hydroxyl groups excluding tert-OH is 1. The second-order valence-corrected chi connectivity index (χ2v) is 11.0. The highest BCUT2D eigenvalue weighted by molar-refractivity contribution is 7.89. The summed E-state index contributed by atoms with van der Waals surface area (Å²) in [5, 5.41) is 13.5. The van der Waals surface area contributed by atoms with Gasteiger partial charge in [0.15, 0.2) is 0 Å². The first kappa shape index (κ1) is 27.5. The average Bonchev–Trinajstić information content (AvgIpc) is 2.85. The zero-order valence-electron chi connectivity index (χ0n) is 20.5. The lowest BCUT2D eigenvalue weighted by Gasteiger charge is -2.35. The number of aryl methyl sites for hydroxylation is 1. The molecule has 1 aromatic carbocycles. The molecule has 0 aliphatic carbocycles. The molecule has 38 heavy (non-hydrogen) atoms. The number of aliphatic hydroxyl groups is 1. The summed E-state index contributed by atoms with van der Waals surface area (Å²) in [6.07, 6.45) is -3.18. The summed E-state index contributed by atoms with van der Waals surface area (Å²) in [6.45, 7) is 3.43. The maximum atomic E-state index is 13.3. The van der Waals surface area contributed by atoms with Crippen LogP contribution in [0.2, 0.25) is 0 Å². The Kier molecular flexibility index (Phi) is 7.46. The van der Waals surface area contributed by atoms with E-state index in [0.29, 0.717) is 17.3 Å². The van der Waals surface area contributed by atoms with Crippen molar-refractivity contribution in [3.8, 4) is 11.1 Å². The molecule has 4 rings (SSSR count). The van der Waals surface area contributed by atoms with E-state index in [1.54, 1.807) is 19.1 Å². The Morgan fingerprint density at radius 2 is 1.79 bits per heavy atom. The summed E-state index contributed by atoms with van der Waals surface area (Å²) in [6, 6.07) is 7.63. The van der Waals surface area contributed by atoms with E-state index < -0.39 is 39.8 Å². The first-order chi connectivity index (χ1) is 17.8. The Morgan fingerprint density at radius 1 is 1.11 bits per heavy atom. The van der Waals surface area contributed by atoms with Crippen LogP contribution in [0.1, 0.15) is 33.6 Å². The van der Waals surface area contributed by atoms with Crippen molar-refractivity contribution in [2.75, 3.05) is 18.4 Å². The van der Waals surface area contributed by atoms with Gasteiger partial charge in [0.2, 0.25) is 10.0 Å². The van der Waals surface area contributed by atoms with Gasteiger partial charge in [-0.2, -0.15) is 17.5 Å². The number of nitrogens with zero attached hydrogens (tertiary/aromatic N) is 3. The van der Waals surface area contributed by atoms with Crippen molar-refractivity contribution < 1.29 is 31.5 Å². The van der Waals surface area contributed by atoms with Gasteiger partial charge >= 0.3 is 6.18 Å². The van der Waals surface area contributed by atoms with Crippen LogP contribution in [0.5, 0.6) is 0 Å². The predicted molar refractivity (Wildman–Crippen MR) is 134 cm³/mol. The van der Waals surface area contributed by atoms with E-state index in [2.05, 4.69) is 15.3 Å². The number of carbonyl (C=O) groups excluding carboxylic acids is 1. The molecule has 0 radical (unpaired) electrons. The number of nitrogens with one attached hydrogen (secondary N) is 1. The van der Waals surface area contributed by atoms with Gasteiger partial charge in [-0.25, -0.2) is 13.4 Å². The first-order valence-corrected chi connectivity index (χ1v) is 13.1. The number of sulfonamides is 1. The average molecular weight is 550 g/mol. The number of piperidine rings is 1. The standard InChI is InChI=1S/C25H26F3N5O4S/c1-14-11-31-23(24(29)35)15(2)22(14)16-3-6-18(7-4-16)38(36,37)33-10-9-19(20(34)13-33)32-21-8-5-17(12-30-21)25(26,27)28/h3-8,11-12,19-20,34H,9-10,13H2,1-2H3,(H2,29,35)(H,30,32)/t19-,20+/m1/s1. The van der Waals surface area contributed by atoms with Gasteiger partial charge < -0.3 is 16.2 Å². The molecule has 1 fully saturated rings. The molecule has 3 aromatic rings. The number of β-amino-alcohol motifs (C(OH)–C–C–N with tert-alkyl or cyclic N) is 1. The molecular formula is C25H26F3N5O4S. The molecule has 0 saturated carbocycles.